The van der Waals surface area contributed by atoms with E-state index >= 15 is 0 Å². The molecule has 5 heteroatoms. The van der Waals surface area contributed by atoms with Gasteiger partial charge in [0, 0.05) is 12.5 Å². The highest BCUT2D eigenvalue weighted by Crippen LogP contribution is 2.30. The Morgan fingerprint density at radius 1 is 1.08 bits per heavy atom. The van der Waals surface area contributed by atoms with Crippen LogP contribution >= 0.6 is 0 Å². The van der Waals surface area contributed by atoms with E-state index in [0.29, 0.717) is 0 Å². The van der Waals surface area contributed by atoms with Crippen molar-refractivity contribution in [3.05, 3.63) is 71.8 Å². The molecule has 0 aliphatic heterocycles. The van der Waals surface area contributed by atoms with Gasteiger partial charge in [-0.15, -0.1) is 0 Å². The van der Waals surface area contributed by atoms with Crippen LogP contribution in [0.25, 0.3) is 0 Å². The number of alkyl halides is 1. The topological polar surface area (TPSA) is 61.7 Å². The molecule has 0 saturated carbocycles. The van der Waals surface area contributed by atoms with Gasteiger partial charge >= 0.3 is 0 Å². The van der Waals surface area contributed by atoms with Crippen LogP contribution in [0.2, 0.25) is 0 Å². The summed E-state index contributed by atoms with van der Waals surface area (Å²) >= 11 is 0. The molecule has 26 heavy (non-hydrogen) atoms. The quantitative estimate of drug-likeness (QED) is 0.609. The monoisotopic (exact) mass is 361 g/mol. The lowest BCUT2D eigenvalue weighted by atomic mass is 9.86. The van der Waals surface area contributed by atoms with Crippen LogP contribution in [0, 0.1) is 0 Å². The maximum atomic E-state index is 15.0. The maximum absolute atomic E-state index is 15.0. The summed E-state index contributed by atoms with van der Waals surface area (Å²) in [6, 6.07) is 18.6. The summed E-state index contributed by atoms with van der Waals surface area (Å²) in [5, 5.41) is 23.6. The molecule has 2 rings (SSSR count). The number of aliphatic hydroxyl groups is 2. The minimum absolute atomic E-state index is 0.0320. The number of ether oxygens (including phenoxy) is 1. The number of rotatable bonds is 10. The van der Waals surface area contributed by atoms with E-state index in [9.17, 15) is 14.6 Å². The van der Waals surface area contributed by atoms with Gasteiger partial charge in [0.15, 0.2) is 6.17 Å². The van der Waals surface area contributed by atoms with Gasteiger partial charge in [0.2, 0.25) is 0 Å². The summed E-state index contributed by atoms with van der Waals surface area (Å²) in [6.07, 6.45) is -2.55. The Labute approximate surface area is 154 Å². The molecule has 4 nitrogen and oxygen atoms in total. The van der Waals surface area contributed by atoms with E-state index in [1.54, 1.807) is 14.0 Å². The molecule has 142 valence electrons. The Morgan fingerprint density at radius 3 is 2.19 bits per heavy atom. The van der Waals surface area contributed by atoms with Crippen molar-refractivity contribution < 1.29 is 19.3 Å². The molecule has 2 aromatic rings. The molecular weight excluding hydrogens is 333 g/mol. The molecule has 0 fully saturated rings. The molecule has 0 amide bonds. The van der Waals surface area contributed by atoms with Crippen LogP contribution in [0.3, 0.4) is 0 Å². The van der Waals surface area contributed by atoms with E-state index in [1.807, 2.05) is 60.7 Å². The van der Waals surface area contributed by atoms with Gasteiger partial charge in [-0.1, -0.05) is 60.7 Å². The fourth-order valence-electron chi connectivity index (χ4n) is 3.01. The average molecular weight is 361 g/mol. The van der Waals surface area contributed by atoms with E-state index in [-0.39, 0.29) is 19.1 Å². The van der Waals surface area contributed by atoms with Crippen LogP contribution in [-0.2, 0) is 11.3 Å². The van der Waals surface area contributed by atoms with Gasteiger partial charge in [0.05, 0.1) is 19.3 Å². The van der Waals surface area contributed by atoms with Crippen molar-refractivity contribution in [1.29, 1.82) is 0 Å². The molecule has 0 unspecified atom stereocenters. The van der Waals surface area contributed by atoms with E-state index < -0.39 is 24.5 Å². The van der Waals surface area contributed by atoms with Gasteiger partial charge in [0.25, 0.3) is 0 Å². The minimum Gasteiger partial charge on any atom is -0.393 e. The Bertz CT molecular complexity index is 640. The number of aliphatic hydroxyl groups excluding tert-OH is 1. The predicted octanol–water partition coefficient (Wildman–Crippen LogP) is 3.00. The predicted molar refractivity (Wildman–Crippen MR) is 100 cm³/mol. The lowest BCUT2D eigenvalue weighted by Crippen LogP contribution is -2.51. The molecule has 0 aromatic heterocycles. The van der Waals surface area contributed by atoms with Crippen LogP contribution in [0.5, 0.6) is 0 Å². The van der Waals surface area contributed by atoms with Crippen molar-refractivity contribution in [2.75, 3.05) is 13.7 Å². The van der Waals surface area contributed by atoms with Crippen molar-refractivity contribution >= 4 is 0 Å². The van der Waals surface area contributed by atoms with Crippen LogP contribution in [0.15, 0.2) is 60.7 Å². The Morgan fingerprint density at radius 2 is 1.65 bits per heavy atom. The summed E-state index contributed by atoms with van der Waals surface area (Å²) in [4.78, 5) is 0. The van der Waals surface area contributed by atoms with Crippen molar-refractivity contribution in [3.63, 3.8) is 0 Å². The van der Waals surface area contributed by atoms with E-state index in [1.165, 1.54) is 0 Å². The highest BCUT2D eigenvalue weighted by atomic mass is 19.1. The lowest BCUT2D eigenvalue weighted by molar-refractivity contribution is -0.134. The first-order valence-electron chi connectivity index (χ1n) is 8.85. The van der Waals surface area contributed by atoms with Gasteiger partial charge in [-0.05, 0) is 25.1 Å². The Hall–Kier alpha value is -1.79. The van der Waals surface area contributed by atoms with Crippen molar-refractivity contribution in [2.45, 2.75) is 43.9 Å². The largest absolute Gasteiger partial charge is 0.393 e. The summed E-state index contributed by atoms with van der Waals surface area (Å²) < 4.78 is 20.6. The maximum Gasteiger partial charge on any atom is 0.157 e. The van der Waals surface area contributed by atoms with Crippen LogP contribution in [0.1, 0.15) is 30.5 Å². The second-order valence-corrected chi connectivity index (χ2v) is 6.62. The molecule has 0 aliphatic carbocycles. The SMILES string of the molecule is CN[C@H](C[C@@](O)(CO)[C@H](F)[C@H](C)OCc1ccccc1)c1ccccc1. The van der Waals surface area contributed by atoms with Gasteiger partial charge in [-0.2, -0.15) is 0 Å². The van der Waals surface area contributed by atoms with Crippen LogP contribution in [0.4, 0.5) is 4.39 Å². The Kier molecular flexibility index (Phi) is 7.72. The zero-order valence-corrected chi connectivity index (χ0v) is 15.3. The smallest absolute Gasteiger partial charge is 0.157 e. The molecule has 0 aliphatic rings. The second kappa shape index (κ2) is 9.78. The molecule has 2 aromatic carbocycles. The minimum atomic E-state index is -1.90. The summed E-state index contributed by atoms with van der Waals surface area (Å²) in [5.74, 6) is 0. The molecule has 0 radical (unpaired) electrons. The molecule has 4 atom stereocenters. The number of hydrogen-bond donors (Lipinski definition) is 3. The van der Waals surface area contributed by atoms with Gasteiger partial charge in [0.1, 0.15) is 5.60 Å². The van der Waals surface area contributed by atoms with Crippen molar-refractivity contribution in [3.8, 4) is 0 Å². The van der Waals surface area contributed by atoms with Crippen molar-refractivity contribution in [1.82, 2.24) is 5.32 Å². The van der Waals surface area contributed by atoms with Gasteiger partial charge in [-0.3, -0.25) is 0 Å². The molecule has 3 N–H and O–H groups in total. The highest BCUT2D eigenvalue weighted by molar-refractivity contribution is 5.20. The molecular formula is C21H28FNO3. The molecule has 0 spiro atoms. The average Bonchev–Trinajstić information content (AvgIpc) is 2.70. The number of halogens is 1. The highest BCUT2D eigenvalue weighted by Gasteiger charge is 2.42. The third-order valence-electron chi connectivity index (χ3n) is 4.66. The summed E-state index contributed by atoms with van der Waals surface area (Å²) in [6.45, 7) is 1.14. The molecule has 0 saturated heterocycles. The van der Waals surface area contributed by atoms with E-state index in [4.69, 9.17) is 4.74 Å². The summed E-state index contributed by atoms with van der Waals surface area (Å²) in [7, 11) is 1.75. The Balaban J connectivity index is 2.03. The third-order valence-corrected chi connectivity index (χ3v) is 4.66. The standard InChI is InChI=1S/C21H28FNO3/c1-16(26-14-17-9-5-3-6-10-17)20(22)21(25,15-24)13-19(23-2)18-11-7-4-8-12-18/h3-12,16,19-20,23-25H,13-15H2,1-2H3/t16-,19+,20+,21+/m0/s1. The van der Waals surface area contributed by atoms with E-state index in [0.717, 1.165) is 11.1 Å². The zero-order chi connectivity index (χ0) is 19.0. The molecule has 0 heterocycles. The fourth-order valence-corrected chi connectivity index (χ4v) is 3.01. The normalized spacial score (nSPS) is 17.3. The number of hydrogen-bond acceptors (Lipinski definition) is 4. The zero-order valence-electron chi connectivity index (χ0n) is 15.3. The van der Waals surface area contributed by atoms with Crippen LogP contribution in [-0.4, -0.2) is 41.7 Å². The lowest BCUT2D eigenvalue weighted by Gasteiger charge is -2.35. The van der Waals surface area contributed by atoms with Crippen LogP contribution < -0.4 is 5.32 Å². The first kappa shape index (κ1) is 20.5. The van der Waals surface area contributed by atoms with Gasteiger partial charge < -0.3 is 20.3 Å². The second-order valence-electron chi connectivity index (χ2n) is 6.62. The van der Waals surface area contributed by atoms with E-state index in [2.05, 4.69) is 5.32 Å². The van der Waals surface area contributed by atoms with Crippen molar-refractivity contribution in [2.24, 2.45) is 0 Å². The summed E-state index contributed by atoms with van der Waals surface area (Å²) in [5.41, 5.74) is -0.0528. The number of nitrogens with one attached hydrogen (secondary N) is 1. The number of benzene rings is 2. The first-order valence-corrected chi connectivity index (χ1v) is 8.85. The third kappa shape index (κ3) is 5.35. The molecule has 0 bridgehead atoms. The first-order chi connectivity index (χ1) is 12.5. The van der Waals surface area contributed by atoms with Gasteiger partial charge in [-0.25, -0.2) is 4.39 Å². The fraction of sp³-hybridized carbons (Fsp3) is 0.429.